The van der Waals surface area contributed by atoms with Crippen molar-refractivity contribution in [2.24, 2.45) is 5.10 Å². The number of rotatable bonds is 6. The van der Waals surface area contributed by atoms with Crippen LogP contribution in [0.1, 0.15) is 11.1 Å². The molecule has 9 heteroatoms. The monoisotopic (exact) mass is 457 g/mol. The molecule has 0 atom stereocenters. The van der Waals surface area contributed by atoms with Crippen LogP contribution in [0.4, 0.5) is 5.69 Å². The van der Waals surface area contributed by atoms with Crippen molar-refractivity contribution in [2.75, 3.05) is 17.1 Å². The summed E-state index contributed by atoms with van der Waals surface area (Å²) < 4.78 is 26.1. The Morgan fingerprint density at radius 2 is 2.04 bits per heavy atom. The molecule has 0 fully saturated rings. The number of carbonyl (C=O) groups excluding carboxylic acids is 1. The molecule has 0 unspecified atom stereocenters. The highest BCUT2D eigenvalue weighted by atomic mass is 79.9. The molecular weight excluding hydrogens is 442 g/mol. The number of sulfonamides is 1. The van der Waals surface area contributed by atoms with E-state index < -0.39 is 22.5 Å². The van der Waals surface area contributed by atoms with E-state index in [9.17, 15) is 13.2 Å². The quantitative estimate of drug-likeness (QED) is 0.533. The zero-order chi connectivity index (χ0) is 19.3. The Kier molecular flexibility index (Phi) is 6.80. The standard InChI is InChI=1S/C17H17BrClN3O3S/c1-12-6-7-15(19)9-16(12)22(26(2,24)25)11-17(23)21-20-10-13-4-3-5-14(18)8-13/h3-10H,11H2,1-2H3,(H,21,23)/b20-10-. The first kappa shape index (κ1) is 20.4. The molecular formula is C17H17BrClN3O3S. The molecule has 0 saturated carbocycles. The summed E-state index contributed by atoms with van der Waals surface area (Å²) in [7, 11) is -3.68. The highest BCUT2D eigenvalue weighted by Gasteiger charge is 2.22. The van der Waals surface area contributed by atoms with E-state index >= 15 is 0 Å². The number of carbonyl (C=O) groups is 1. The number of hydrogen-bond acceptors (Lipinski definition) is 4. The third-order valence-corrected chi connectivity index (χ3v) is 5.23. The van der Waals surface area contributed by atoms with Crippen LogP contribution in [-0.2, 0) is 14.8 Å². The van der Waals surface area contributed by atoms with Gasteiger partial charge in [0.1, 0.15) is 6.54 Å². The second-order valence-electron chi connectivity index (χ2n) is 5.55. The summed E-state index contributed by atoms with van der Waals surface area (Å²) >= 11 is 9.31. The largest absolute Gasteiger partial charge is 0.271 e. The lowest BCUT2D eigenvalue weighted by molar-refractivity contribution is -0.119. The SMILES string of the molecule is Cc1ccc(Cl)cc1N(CC(=O)N/N=C\c1cccc(Br)c1)S(C)(=O)=O. The molecule has 1 amide bonds. The number of halogens is 2. The number of hydrogen-bond donors (Lipinski definition) is 1. The Balaban J connectivity index is 2.14. The van der Waals surface area contributed by atoms with Gasteiger partial charge in [-0.25, -0.2) is 13.8 Å². The second-order valence-corrected chi connectivity index (χ2v) is 8.81. The molecule has 0 spiro atoms. The van der Waals surface area contributed by atoms with Crippen molar-refractivity contribution in [1.29, 1.82) is 0 Å². The molecule has 26 heavy (non-hydrogen) atoms. The summed E-state index contributed by atoms with van der Waals surface area (Å²) in [5.41, 5.74) is 4.15. The lowest BCUT2D eigenvalue weighted by Crippen LogP contribution is -2.39. The molecule has 2 aromatic rings. The summed E-state index contributed by atoms with van der Waals surface area (Å²) in [6.07, 6.45) is 2.50. The van der Waals surface area contributed by atoms with Gasteiger partial charge in [-0.1, -0.05) is 45.7 Å². The average molecular weight is 459 g/mol. The van der Waals surface area contributed by atoms with Gasteiger partial charge in [0.05, 0.1) is 18.2 Å². The van der Waals surface area contributed by atoms with Gasteiger partial charge in [-0.3, -0.25) is 9.10 Å². The predicted octanol–water partition coefficient (Wildman–Crippen LogP) is 3.33. The summed E-state index contributed by atoms with van der Waals surface area (Å²) in [4.78, 5) is 12.2. The van der Waals surface area contributed by atoms with Gasteiger partial charge in [-0.05, 0) is 42.3 Å². The lowest BCUT2D eigenvalue weighted by Gasteiger charge is -2.23. The fourth-order valence-corrected chi connectivity index (χ4v) is 3.65. The third-order valence-electron chi connectivity index (χ3n) is 3.38. The van der Waals surface area contributed by atoms with Crippen LogP contribution in [0.2, 0.25) is 5.02 Å². The zero-order valence-corrected chi connectivity index (χ0v) is 17.3. The minimum absolute atomic E-state index is 0.353. The van der Waals surface area contributed by atoms with Crippen molar-refractivity contribution < 1.29 is 13.2 Å². The minimum Gasteiger partial charge on any atom is -0.271 e. The smallest absolute Gasteiger partial charge is 0.260 e. The van der Waals surface area contributed by atoms with Gasteiger partial charge in [-0.2, -0.15) is 5.10 Å². The first-order valence-corrected chi connectivity index (χ1v) is 10.5. The molecule has 0 bridgehead atoms. The Morgan fingerprint density at radius 1 is 1.31 bits per heavy atom. The van der Waals surface area contributed by atoms with E-state index in [0.717, 1.165) is 20.6 Å². The highest BCUT2D eigenvalue weighted by molar-refractivity contribution is 9.10. The fraction of sp³-hybridized carbons (Fsp3) is 0.176. The van der Waals surface area contributed by atoms with Crippen LogP contribution in [0.25, 0.3) is 0 Å². The number of hydrazone groups is 1. The van der Waals surface area contributed by atoms with Crippen LogP contribution in [0.3, 0.4) is 0 Å². The normalized spacial score (nSPS) is 11.5. The fourth-order valence-electron chi connectivity index (χ4n) is 2.16. The van der Waals surface area contributed by atoms with E-state index in [1.54, 1.807) is 19.1 Å². The van der Waals surface area contributed by atoms with Crippen molar-refractivity contribution in [3.63, 3.8) is 0 Å². The first-order chi connectivity index (χ1) is 12.2. The zero-order valence-electron chi connectivity index (χ0n) is 14.1. The molecule has 2 rings (SSSR count). The summed E-state index contributed by atoms with van der Waals surface area (Å²) in [5, 5.41) is 4.24. The van der Waals surface area contributed by atoms with E-state index in [1.807, 2.05) is 24.3 Å². The molecule has 0 radical (unpaired) electrons. The Morgan fingerprint density at radius 3 is 2.69 bits per heavy atom. The molecule has 0 aromatic heterocycles. The summed E-state index contributed by atoms with van der Waals surface area (Å²) in [6, 6.07) is 12.2. The third kappa shape index (κ3) is 5.82. The van der Waals surface area contributed by atoms with Crippen molar-refractivity contribution in [1.82, 2.24) is 5.43 Å². The van der Waals surface area contributed by atoms with Crippen molar-refractivity contribution in [3.05, 3.63) is 63.1 Å². The van der Waals surface area contributed by atoms with Crippen LogP contribution in [-0.4, -0.2) is 33.3 Å². The van der Waals surface area contributed by atoms with Gasteiger partial charge in [0.2, 0.25) is 10.0 Å². The number of amides is 1. The second kappa shape index (κ2) is 8.66. The van der Waals surface area contributed by atoms with Crippen molar-refractivity contribution in [3.8, 4) is 0 Å². The van der Waals surface area contributed by atoms with Gasteiger partial charge >= 0.3 is 0 Å². The van der Waals surface area contributed by atoms with E-state index in [2.05, 4.69) is 26.5 Å². The molecule has 1 N–H and O–H groups in total. The van der Waals surface area contributed by atoms with Crippen LogP contribution in [0, 0.1) is 6.92 Å². The van der Waals surface area contributed by atoms with Crippen molar-refractivity contribution >= 4 is 55.4 Å². The number of anilines is 1. The molecule has 0 aliphatic carbocycles. The number of aryl methyl sites for hydroxylation is 1. The van der Waals surface area contributed by atoms with Gasteiger partial charge in [0.25, 0.3) is 5.91 Å². The van der Waals surface area contributed by atoms with Crippen LogP contribution in [0.15, 0.2) is 52.0 Å². The van der Waals surface area contributed by atoms with Gasteiger partial charge in [-0.15, -0.1) is 0 Å². The molecule has 0 aliphatic rings. The number of benzene rings is 2. The molecule has 2 aromatic carbocycles. The minimum atomic E-state index is -3.68. The predicted molar refractivity (Wildman–Crippen MR) is 108 cm³/mol. The summed E-state index contributed by atoms with van der Waals surface area (Å²) in [5.74, 6) is -0.568. The highest BCUT2D eigenvalue weighted by Crippen LogP contribution is 2.26. The van der Waals surface area contributed by atoms with Gasteiger partial charge < -0.3 is 0 Å². The maximum absolute atomic E-state index is 12.2. The molecule has 6 nitrogen and oxygen atoms in total. The maximum Gasteiger partial charge on any atom is 0.260 e. The van der Waals surface area contributed by atoms with E-state index in [4.69, 9.17) is 11.6 Å². The van der Waals surface area contributed by atoms with Gasteiger partial charge in [0.15, 0.2) is 0 Å². The van der Waals surface area contributed by atoms with Crippen LogP contribution in [0.5, 0.6) is 0 Å². The number of nitrogens with one attached hydrogen (secondary N) is 1. The molecule has 0 aliphatic heterocycles. The van der Waals surface area contributed by atoms with E-state index in [-0.39, 0.29) is 0 Å². The van der Waals surface area contributed by atoms with Crippen LogP contribution >= 0.6 is 27.5 Å². The Labute approximate surface area is 166 Å². The molecule has 0 heterocycles. The lowest BCUT2D eigenvalue weighted by atomic mass is 10.2. The molecule has 138 valence electrons. The van der Waals surface area contributed by atoms with E-state index in [1.165, 1.54) is 12.3 Å². The van der Waals surface area contributed by atoms with Gasteiger partial charge in [0, 0.05) is 9.50 Å². The molecule has 0 saturated heterocycles. The van der Waals surface area contributed by atoms with Crippen molar-refractivity contribution in [2.45, 2.75) is 6.92 Å². The Hall–Kier alpha value is -1.90. The first-order valence-electron chi connectivity index (χ1n) is 7.48. The number of nitrogens with zero attached hydrogens (tertiary/aromatic N) is 2. The average Bonchev–Trinajstić information content (AvgIpc) is 2.54. The maximum atomic E-state index is 12.2. The topological polar surface area (TPSA) is 78.8 Å². The van der Waals surface area contributed by atoms with Crippen LogP contribution < -0.4 is 9.73 Å². The Bertz CT molecular complexity index is 948. The van der Waals surface area contributed by atoms with E-state index in [0.29, 0.717) is 16.3 Å². The summed E-state index contributed by atoms with van der Waals surface area (Å²) in [6.45, 7) is 1.34.